The van der Waals surface area contributed by atoms with Crippen molar-refractivity contribution in [3.8, 4) is 0 Å². The van der Waals surface area contributed by atoms with Crippen LogP contribution in [0.1, 0.15) is 15.9 Å². The van der Waals surface area contributed by atoms with Crippen LogP contribution in [0.4, 0.5) is 0 Å². The van der Waals surface area contributed by atoms with Crippen LogP contribution in [0, 0.1) is 0 Å². The number of rotatable bonds is 5. The third-order valence-electron chi connectivity index (χ3n) is 2.91. The van der Waals surface area contributed by atoms with Crippen molar-refractivity contribution in [2.75, 3.05) is 6.54 Å². The summed E-state index contributed by atoms with van der Waals surface area (Å²) < 4.78 is 0.647. The largest absolute Gasteiger partial charge is 0.343 e. The van der Waals surface area contributed by atoms with Gasteiger partial charge in [0.1, 0.15) is 0 Å². The molecule has 0 radical (unpaired) electrons. The molecular weight excluding hydrogens is 417 g/mol. The van der Waals surface area contributed by atoms with Gasteiger partial charge in [0.15, 0.2) is 0 Å². The summed E-state index contributed by atoms with van der Waals surface area (Å²) in [7, 11) is 0. The van der Waals surface area contributed by atoms with Crippen molar-refractivity contribution in [3.63, 3.8) is 0 Å². The molecule has 0 atom stereocenters. The van der Waals surface area contributed by atoms with Crippen molar-refractivity contribution in [3.05, 3.63) is 68.1 Å². The van der Waals surface area contributed by atoms with Gasteiger partial charge in [-0.25, -0.2) is 5.43 Å². The first-order valence-electron chi connectivity index (χ1n) is 6.77. The van der Waals surface area contributed by atoms with Crippen molar-refractivity contribution in [1.82, 2.24) is 10.7 Å². The quantitative estimate of drug-likeness (QED) is 0.563. The molecule has 0 saturated heterocycles. The lowest BCUT2D eigenvalue weighted by Crippen LogP contribution is -2.35. The van der Waals surface area contributed by atoms with Gasteiger partial charge in [0.25, 0.3) is 11.8 Å². The molecule has 2 aromatic rings. The number of hydrogen-bond donors (Lipinski definition) is 2. The highest BCUT2D eigenvalue weighted by Crippen LogP contribution is 2.22. The number of nitrogens with one attached hydrogen (secondary N) is 2. The topological polar surface area (TPSA) is 70.6 Å². The van der Waals surface area contributed by atoms with E-state index in [0.717, 1.165) is 0 Å². The van der Waals surface area contributed by atoms with E-state index >= 15 is 0 Å². The van der Waals surface area contributed by atoms with Crippen molar-refractivity contribution in [2.45, 2.75) is 0 Å². The summed E-state index contributed by atoms with van der Waals surface area (Å²) in [4.78, 5) is 23.7. The minimum Gasteiger partial charge on any atom is -0.343 e. The van der Waals surface area contributed by atoms with Gasteiger partial charge in [-0.3, -0.25) is 9.59 Å². The van der Waals surface area contributed by atoms with Crippen LogP contribution < -0.4 is 10.7 Å². The summed E-state index contributed by atoms with van der Waals surface area (Å²) in [5, 5.41) is 7.12. The summed E-state index contributed by atoms with van der Waals surface area (Å²) >= 11 is 15.2. The fourth-order valence-electron chi connectivity index (χ4n) is 1.74. The summed E-state index contributed by atoms with van der Waals surface area (Å²) in [6.45, 7) is -0.215. The van der Waals surface area contributed by atoms with Crippen LogP contribution in [0.2, 0.25) is 10.0 Å². The standard InChI is InChI=1S/C16H12BrCl2N3O2/c17-12-5-2-1-4-10(12)16(24)20-9-15(23)22-21-8-11-13(18)6-3-7-14(11)19/h1-8H,9H2,(H,20,24)(H,22,23)/b21-8-. The molecule has 0 aliphatic carbocycles. The average Bonchev–Trinajstić information content (AvgIpc) is 2.56. The highest BCUT2D eigenvalue weighted by atomic mass is 79.9. The zero-order valence-electron chi connectivity index (χ0n) is 12.2. The molecule has 0 aromatic heterocycles. The van der Waals surface area contributed by atoms with Crippen LogP contribution in [0.5, 0.6) is 0 Å². The Labute approximate surface area is 157 Å². The summed E-state index contributed by atoms with van der Waals surface area (Å²) in [6.07, 6.45) is 1.35. The monoisotopic (exact) mass is 427 g/mol. The number of carbonyl (C=O) groups excluding carboxylic acids is 2. The maximum atomic E-state index is 12.0. The van der Waals surface area contributed by atoms with Crippen molar-refractivity contribution >= 4 is 57.2 Å². The molecule has 0 aliphatic heterocycles. The highest BCUT2D eigenvalue weighted by molar-refractivity contribution is 9.10. The third kappa shape index (κ3) is 5.06. The molecule has 8 heteroatoms. The number of nitrogens with zero attached hydrogens (tertiary/aromatic N) is 1. The first-order chi connectivity index (χ1) is 11.5. The minimum atomic E-state index is -0.477. The Morgan fingerprint density at radius 1 is 1.08 bits per heavy atom. The van der Waals surface area contributed by atoms with E-state index < -0.39 is 5.91 Å². The predicted octanol–water partition coefficient (Wildman–Crippen LogP) is 3.64. The predicted molar refractivity (Wildman–Crippen MR) is 98.7 cm³/mol. The van der Waals surface area contributed by atoms with E-state index in [-0.39, 0.29) is 12.5 Å². The Balaban J connectivity index is 1.87. The second kappa shape index (κ2) is 8.82. The molecule has 2 N–H and O–H groups in total. The number of halogens is 3. The molecule has 2 rings (SSSR count). The minimum absolute atomic E-state index is 0.215. The Kier molecular flexibility index (Phi) is 6.78. The normalized spacial score (nSPS) is 10.6. The third-order valence-corrected chi connectivity index (χ3v) is 4.26. The van der Waals surface area contributed by atoms with E-state index in [0.29, 0.717) is 25.6 Å². The van der Waals surface area contributed by atoms with Crippen LogP contribution in [0.15, 0.2) is 52.0 Å². The van der Waals surface area contributed by atoms with Crippen LogP contribution in [0.3, 0.4) is 0 Å². The van der Waals surface area contributed by atoms with Gasteiger partial charge in [-0.15, -0.1) is 0 Å². The highest BCUT2D eigenvalue weighted by Gasteiger charge is 2.10. The maximum Gasteiger partial charge on any atom is 0.259 e. The van der Waals surface area contributed by atoms with E-state index in [1.165, 1.54) is 6.21 Å². The summed E-state index contributed by atoms with van der Waals surface area (Å²) in [5.41, 5.74) is 3.23. The molecule has 0 saturated carbocycles. The molecule has 0 aliphatic rings. The molecule has 2 aromatic carbocycles. The average molecular weight is 429 g/mol. The second-order valence-electron chi connectivity index (χ2n) is 4.59. The first kappa shape index (κ1) is 18.4. The molecular formula is C16H12BrCl2N3O2. The van der Waals surface area contributed by atoms with E-state index in [1.54, 1.807) is 42.5 Å². The van der Waals surface area contributed by atoms with Gasteiger partial charge < -0.3 is 5.32 Å². The molecule has 0 spiro atoms. The smallest absolute Gasteiger partial charge is 0.259 e. The van der Waals surface area contributed by atoms with Crippen molar-refractivity contribution < 1.29 is 9.59 Å². The molecule has 124 valence electrons. The van der Waals surface area contributed by atoms with Gasteiger partial charge in [0.05, 0.1) is 28.4 Å². The summed E-state index contributed by atoms with van der Waals surface area (Å²) in [5.74, 6) is -0.842. The van der Waals surface area contributed by atoms with Gasteiger partial charge in [0.2, 0.25) is 0 Å². The number of benzene rings is 2. The second-order valence-corrected chi connectivity index (χ2v) is 6.26. The van der Waals surface area contributed by atoms with E-state index in [4.69, 9.17) is 23.2 Å². The van der Waals surface area contributed by atoms with Crippen LogP contribution in [0.25, 0.3) is 0 Å². The number of amides is 2. The van der Waals surface area contributed by atoms with E-state index in [2.05, 4.69) is 31.8 Å². The maximum absolute atomic E-state index is 12.0. The van der Waals surface area contributed by atoms with Crippen LogP contribution >= 0.6 is 39.1 Å². The molecule has 0 heterocycles. The number of hydrazone groups is 1. The Hall–Kier alpha value is -1.89. The number of hydrogen-bond acceptors (Lipinski definition) is 3. The zero-order valence-corrected chi connectivity index (χ0v) is 15.3. The van der Waals surface area contributed by atoms with E-state index in [9.17, 15) is 9.59 Å². The van der Waals surface area contributed by atoms with Gasteiger partial charge in [0, 0.05) is 10.0 Å². The van der Waals surface area contributed by atoms with Gasteiger partial charge in [-0.05, 0) is 40.2 Å². The molecule has 5 nitrogen and oxygen atoms in total. The SMILES string of the molecule is O=C(CNC(=O)c1ccccc1Br)N/N=C\c1c(Cl)cccc1Cl. The van der Waals surface area contributed by atoms with Gasteiger partial charge in [-0.1, -0.05) is 41.4 Å². The molecule has 0 bridgehead atoms. The lowest BCUT2D eigenvalue weighted by atomic mass is 10.2. The Bertz CT molecular complexity index is 776. The number of carbonyl (C=O) groups is 2. The molecule has 0 unspecified atom stereocenters. The Morgan fingerprint density at radius 3 is 2.42 bits per heavy atom. The molecule has 2 amide bonds. The van der Waals surface area contributed by atoms with Crippen LogP contribution in [-0.2, 0) is 4.79 Å². The fourth-order valence-corrected chi connectivity index (χ4v) is 2.70. The van der Waals surface area contributed by atoms with Gasteiger partial charge in [-0.2, -0.15) is 5.10 Å². The van der Waals surface area contributed by atoms with Crippen molar-refractivity contribution in [2.24, 2.45) is 5.10 Å². The lowest BCUT2D eigenvalue weighted by molar-refractivity contribution is -0.120. The summed E-state index contributed by atoms with van der Waals surface area (Å²) in [6, 6.07) is 11.9. The van der Waals surface area contributed by atoms with E-state index in [1.807, 2.05) is 0 Å². The molecule has 0 fully saturated rings. The van der Waals surface area contributed by atoms with Crippen LogP contribution in [-0.4, -0.2) is 24.6 Å². The lowest BCUT2D eigenvalue weighted by Gasteiger charge is -2.06. The Morgan fingerprint density at radius 2 is 1.75 bits per heavy atom. The van der Waals surface area contributed by atoms with Gasteiger partial charge >= 0.3 is 0 Å². The first-order valence-corrected chi connectivity index (χ1v) is 8.32. The van der Waals surface area contributed by atoms with Crippen molar-refractivity contribution in [1.29, 1.82) is 0 Å². The molecule has 24 heavy (non-hydrogen) atoms. The zero-order chi connectivity index (χ0) is 17.5. The fraction of sp³-hybridized carbons (Fsp3) is 0.0625.